The highest BCUT2D eigenvalue weighted by atomic mass is 15.3. The third kappa shape index (κ3) is 3.49. The highest BCUT2D eigenvalue weighted by molar-refractivity contribution is 5.94. The first kappa shape index (κ1) is 20.5. The van der Waals surface area contributed by atoms with Crippen LogP contribution >= 0.6 is 0 Å². The minimum absolute atomic E-state index is 0.128. The molecule has 6 heteroatoms. The molecule has 0 spiro atoms. The van der Waals surface area contributed by atoms with Crippen molar-refractivity contribution in [2.45, 2.75) is 46.2 Å². The molecule has 1 aromatic carbocycles. The average Bonchev–Trinajstić information content (AvgIpc) is 2.69. The second kappa shape index (κ2) is 7.51. The second-order valence-electron chi connectivity index (χ2n) is 9.12. The van der Waals surface area contributed by atoms with Gasteiger partial charge >= 0.3 is 0 Å². The van der Waals surface area contributed by atoms with Gasteiger partial charge in [0.25, 0.3) is 0 Å². The Labute approximate surface area is 179 Å². The molecule has 1 saturated heterocycles. The summed E-state index contributed by atoms with van der Waals surface area (Å²) in [6, 6.07) is 8.73. The lowest BCUT2D eigenvalue weighted by Crippen LogP contribution is -2.67. The summed E-state index contributed by atoms with van der Waals surface area (Å²) in [5.74, 6) is 1.81. The fourth-order valence-corrected chi connectivity index (χ4v) is 4.19. The van der Waals surface area contributed by atoms with E-state index >= 15 is 0 Å². The van der Waals surface area contributed by atoms with Crippen LogP contribution in [0.25, 0.3) is 10.8 Å². The summed E-state index contributed by atoms with van der Waals surface area (Å²) in [6.45, 7) is 12.7. The molecule has 0 radical (unpaired) electrons. The van der Waals surface area contributed by atoms with E-state index in [9.17, 15) is 0 Å². The first-order chi connectivity index (χ1) is 14.2. The van der Waals surface area contributed by atoms with E-state index in [-0.39, 0.29) is 11.6 Å². The number of hydrogen-bond donors (Lipinski definition) is 1. The molecule has 4 rings (SSSR count). The van der Waals surface area contributed by atoms with Crippen LogP contribution in [0.3, 0.4) is 0 Å². The van der Waals surface area contributed by atoms with Gasteiger partial charge in [0.2, 0.25) is 0 Å². The van der Waals surface area contributed by atoms with Crippen molar-refractivity contribution in [3.63, 3.8) is 0 Å². The Kier molecular flexibility index (Phi) is 5.14. The molecular formula is C24H32N6. The van der Waals surface area contributed by atoms with Crippen molar-refractivity contribution >= 4 is 22.4 Å². The van der Waals surface area contributed by atoms with E-state index in [1.807, 2.05) is 13.1 Å². The third-order valence-corrected chi connectivity index (χ3v) is 6.77. The number of aromatic nitrogens is 3. The summed E-state index contributed by atoms with van der Waals surface area (Å²) < 4.78 is 0. The average molecular weight is 405 g/mol. The standard InChI is InChI=1S/C24H32N6/c1-15-9-8-10-19(16(15)2)17(3)26-23-20-11-22(25-12-21(20)18(4)27-28-23)30-13-24(5,14-30)29(6)7/h8-12,17H,13-14H2,1-7H3,(H,26,28)/t17-/m1/s1. The second-order valence-corrected chi connectivity index (χ2v) is 9.12. The summed E-state index contributed by atoms with van der Waals surface area (Å²) in [4.78, 5) is 9.35. The summed E-state index contributed by atoms with van der Waals surface area (Å²) in [5.41, 5.74) is 4.99. The molecule has 1 aliphatic heterocycles. The summed E-state index contributed by atoms with van der Waals surface area (Å²) in [6.07, 6.45) is 1.94. The molecule has 2 aromatic heterocycles. The van der Waals surface area contributed by atoms with Crippen LogP contribution in [-0.4, -0.2) is 52.8 Å². The van der Waals surface area contributed by atoms with Crippen LogP contribution in [0.4, 0.5) is 11.6 Å². The van der Waals surface area contributed by atoms with Crippen LogP contribution in [0.5, 0.6) is 0 Å². The van der Waals surface area contributed by atoms with Gasteiger partial charge in [0.05, 0.1) is 17.3 Å². The van der Waals surface area contributed by atoms with Gasteiger partial charge in [0, 0.05) is 30.1 Å². The van der Waals surface area contributed by atoms with Crippen molar-refractivity contribution in [2.75, 3.05) is 37.4 Å². The van der Waals surface area contributed by atoms with Crippen molar-refractivity contribution in [1.82, 2.24) is 20.1 Å². The van der Waals surface area contributed by atoms with Crippen LogP contribution in [-0.2, 0) is 0 Å². The number of aryl methyl sites for hydroxylation is 2. The zero-order valence-corrected chi connectivity index (χ0v) is 19.1. The summed E-state index contributed by atoms with van der Waals surface area (Å²) in [5, 5.41) is 14.6. The van der Waals surface area contributed by atoms with Gasteiger partial charge in [-0.3, -0.25) is 0 Å². The minimum Gasteiger partial charge on any atom is -0.362 e. The number of benzene rings is 1. The number of fused-ring (bicyclic) bond motifs is 1. The third-order valence-electron chi connectivity index (χ3n) is 6.77. The Morgan fingerprint density at radius 2 is 1.83 bits per heavy atom. The fourth-order valence-electron chi connectivity index (χ4n) is 4.19. The SMILES string of the molecule is Cc1cccc([C@@H](C)Nc2nnc(C)c3cnc(N4CC(C)(N(C)C)C4)cc23)c1C. The zero-order valence-electron chi connectivity index (χ0n) is 19.1. The molecule has 0 unspecified atom stereocenters. The Balaban J connectivity index is 1.67. The molecule has 1 fully saturated rings. The molecule has 30 heavy (non-hydrogen) atoms. The van der Waals surface area contributed by atoms with Gasteiger partial charge < -0.3 is 15.1 Å². The summed E-state index contributed by atoms with van der Waals surface area (Å²) in [7, 11) is 4.28. The lowest BCUT2D eigenvalue weighted by molar-refractivity contribution is 0.132. The minimum atomic E-state index is 0.128. The topological polar surface area (TPSA) is 57.2 Å². The van der Waals surface area contributed by atoms with Gasteiger partial charge in [-0.2, -0.15) is 5.10 Å². The van der Waals surface area contributed by atoms with E-state index in [0.29, 0.717) is 0 Å². The molecular weight excluding hydrogens is 372 g/mol. The Morgan fingerprint density at radius 1 is 1.10 bits per heavy atom. The molecule has 3 aromatic rings. The van der Waals surface area contributed by atoms with E-state index in [1.165, 1.54) is 16.7 Å². The first-order valence-electron chi connectivity index (χ1n) is 10.6. The smallest absolute Gasteiger partial charge is 0.157 e. The predicted molar refractivity (Wildman–Crippen MR) is 124 cm³/mol. The molecule has 0 bridgehead atoms. The highest BCUT2D eigenvalue weighted by Crippen LogP contribution is 2.34. The van der Waals surface area contributed by atoms with Gasteiger partial charge in [-0.25, -0.2) is 4.98 Å². The van der Waals surface area contributed by atoms with Crippen molar-refractivity contribution in [3.8, 4) is 0 Å². The van der Waals surface area contributed by atoms with Crippen molar-refractivity contribution in [2.24, 2.45) is 0 Å². The van der Waals surface area contributed by atoms with Crippen LogP contribution in [0.2, 0.25) is 0 Å². The molecule has 0 aliphatic carbocycles. The maximum atomic E-state index is 4.73. The lowest BCUT2D eigenvalue weighted by Gasteiger charge is -2.52. The quantitative estimate of drug-likeness (QED) is 0.686. The predicted octanol–water partition coefficient (Wildman–Crippen LogP) is 4.26. The monoisotopic (exact) mass is 404 g/mol. The van der Waals surface area contributed by atoms with Gasteiger partial charge in [-0.15, -0.1) is 5.10 Å². The number of rotatable bonds is 5. The van der Waals surface area contributed by atoms with E-state index < -0.39 is 0 Å². The fraction of sp³-hybridized carbons (Fsp3) is 0.458. The van der Waals surface area contributed by atoms with E-state index in [2.05, 4.69) is 91.4 Å². The largest absolute Gasteiger partial charge is 0.362 e. The van der Waals surface area contributed by atoms with Gasteiger partial charge in [0.1, 0.15) is 5.82 Å². The lowest BCUT2D eigenvalue weighted by atomic mass is 9.91. The van der Waals surface area contributed by atoms with E-state index in [1.54, 1.807) is 0 Å². The van der Waals surface area contributed by atoms with Crippen molar-refractivity contribution in [1.29, 1.82) is 0 Å². The molecule has 1 aliphatic rings. The number of nitrogens with zero attached hydrogens (tertiary/aromatic N) is 5. The van der Waals surface area contributed by atoms with Crippen LogP contribution < -0.4 is 10.2 Å². The van der Waals surface area contributed by atoms with E-state index in [0.717, 1.165) is 41.2 Å². The Hall–Kier alpha value is -2.73. The number of anilines is 2. The molecule has 1 atom stereocenters. The molecule has 6 nitrogen and oxygen atoms in total. The Morgan fingerprint density at radius 3 is 2.53 bits per heavy atom. The van der Waals surface area contributed by atoms with Crippen molar-refractivity contribution < 1.29 is 0 Å². The van der Waals surface area contributed by atoms with Crippen LogP contribution in [0, 0.1) is 20.8 Å². The molecule has 3 heterocycles. The van der Waals surface area contributed by atoms with Gasteiger partial charge in [-0.05, 0) is 71.5 Å². The highest BCUT2D eigenvalue weighted by Gasteiger charge is 2.41. The maximum Gasteiger partial charge on any atom is 0.157 e. The van der Waals surface area contributed by atoms with Crippen molar-refractivity contribution in [3.05, 3.63) is 52.8 Å². The molecule has 0 amide bonds. The molecule has 1 N–H and O–H groups in total. The number of nitrogens with one attached hydrogen (secondary N) is 1. The number of pyridine rings is 1. The zero-order chi connectivity index (χ0) is 21.6. The van der Waals surface area contributed by atoms with Gasteiger partial charge in [-0.1, -0.05) is 18.2 Å². The van der Waals surface area contributed by atoms with Gasteiger partial charge in [0.15, 0.2) is 5.82 Å². The van der Waals surface area contributed by atoms with Crippen LogP contribution in [0.1, 0.15) is 42.3 Å². The maximum absolute atomic E-state index is 4.73. The Bertz CT molecular complexity index is 1080. The molecule has 158 valence electrons. The number of likely N-dealkylation sites (N-methyl/N-ethyl adjacent to an activating group) is 1. The number of hydrogen-bond acceptors (Lipinski definition) is 6. The first-order valence-corrected chi connectivity index (χ1v) is 10.6. The summed E-state index contributed by atoms with van der Waals surface area (Å²) >= 11 is 0. The van der Waals surface area contributed by atoms with Crippen LogP contribution in [0.15, 0.2) is 30.5 Å². The normalized spacial score (nSPS) is 16.6. The molecule has 0 saturated carbocycles. The van der Waals surface area contributed by atoms with E-state index in [4.69, 9.17) is 4.98 Å².